The monoisotopic (exact) mass is 253 g/mol. The second kappa shape index (κ2) is 5.92. The van der Waals surface area contributed by atoms with Crippen LogP contribution in [0, 0.1) is 10.1 Å². The molecule has 18 heavy (non-hydrogen) atoms. The summed E-state index contributed by atoms with van der Waals surface area (Å²) in [6, 6.07) is 1.14. The molecule has 0 atom stereocenters. The van der Waals surface area contributed by atoms with Gasteiger partial charge in [0.15, 0.2) is 0 Å². The Balaban J connectivity index is 3.11. The van der Waals surface area contributed by atoms with Crippen LogP contribution in [0.4, 0.5) is 11.5 Å². The van der Waals surface area contributed by atoms with Crippen LogP contribution in [-0.2, 0) is 0 Å². The number of hydrogen-bond donors (Lipinski definition) is 2. The first kappa shape index (κ1) is 13.8. The molecule has 8 heteroatoms. The lowest BCUT2D eigenvalue weighted by Gasteiger charge is -2.19. The minimum atomic E-state index is -0.738. The van der Waals surface area contributed by atoms with Crippen LogP contribution in [0.2, 0.25) is 0 Å². The van der Waals surface area contributed by atoms with Crippen molar-refractivity contribution < 1.29 is 9.72 Å². The summed E-state index contributed by atoms with van der Waals surface area (Å²) in [6.07, 6.45) is 1.11. The first-order valence-corrected chi connectivity index (χ1v) is 5.27. The summed E-state index contributed by atoms with van der Waals surface area (Å²) in [5, 5.41) is 13.6. The molecule has 1 aromatic heterocycles. The van der Waals surface area contributed by atoms with Gasteiger partial charge in [-0.2, -0.15) is 0 Å². The number of likely N-dealkylation sites (N-methyl/N-ethyl adjacent to an activating group) is 2. The smallest absolute Gasteiger partial charge is 0.288 e. The van der Waals surface area contributed by atoms with Crippen LogP contribution >= 0.6 is 0 Å². The lowest BCUT2D eigenvalue weighted by Crippen LogP contribution is -2.30. The van der Waals surface area contributed by atoms with Crippen LogP contribution in [0.25, 0.3) is 0 Å². The van der Waals surface area contributed by atoms with Crippen LogP contribution in [0.1, 0.15) is 10.4 Å². The van der Waals surface area contributed by atoms with E-state index < -0.39 is 10.8 Å². The molecular weight excluding hydrogens is 238 g/mol. The molecule has 0 saturated carbocycles. The Kier molecular flexibility index (Phi) is 4.55. The van der Waals surface area contributed by atoms with E-state index in [0.29, 0.717) is 18.9 Å². The lowest BCUT2D eigenvalue weighted by atomic mass is 10.2. The van der Waals surface area contributed by atoms with Gasteiger partial charge in [0.1, 0.15) is 12.0 Å². The number of pyridine rings is 1. The van der Waals surface area contributed by atoms with Crippen LogP contribution in [-0.4, -0.2) is 43.0 Å². The molecule has 1 aromatic rings. The van der Waals surface area contributed by atoms with E-state index in [-0.39, 0.29) is 11.3 Å². The minimum Gasteiger partial charge on any atom is -0.365 e. The quantitative estimate of drug-likeness (QED) is 0.533. The van der Waals surface area contributed by atoms with Crippen LogP contribution < -0.4 is 16.0 Å². The van der Waals surface area contributed by atoms with Gasteiger partial charge >= 0.3 is 0 Å². The average molecular weight is 253 g/mol. The number of rotatable bonds is 6. The van der Waals surface area contributed by atoms with Gasteiger partial charge in [-0.3, -0.25) is 14.9 Å². The molecule has 98 valence electrons. The van der Waals surface area contributed by atoms with Crippen molar-refractivity contribution >= 4 is 17.4 Å². The van der Waals surface area contributed by atoms with Crippen LogP contribution in [0.15, 0.2) is 12.3 Å². The molecule has 0 aliphatic rings. The summed E-state index contributed by atoms with van der Waals surface area (Å²) >= 11 is 0. The number of nitrogens with two attached hydrogens (primary N) is 1. The first-order valence-electron chi connectivity index (χ1n) is 5.27. The third-order valence-corrected chi connectivity index (χ3v) is 2.39. The van der Waals surface area contributed by atoms with Gasteiger partial charge in [0.25, 0.3) is 11.6 Å². The highest BCUT2D eigenvalue weighted by molar-refractivity contribution is 5.98. The van der Waals surface area contributed by atoms with E-state index in [1.165, 1.54) is 0 Å². The van der Waals surface area contributed by atoms with Crippen molar-refractivity contribution in [2.24, 2.45) is 5.73 Å². The molecule has 0 aromatic carbocycles. The molecule has 0 aliphatic heterocycles. The number of primary amides is 1. The van der Waals surface area contributed by atoms with Crippen molar-refractivity contribution in [3.63, 3.8) is 0 Å². The number of nitro groups is 1. The summed E-state index contributed by atoms with van der Waals surface area (Å²) in [5.41, 5.74) is 5.00. The maximum atomic E-state index is 11.3. The number of anilines is 1. The van der Waals surface area contributed by atoms with Crippen molar-refractivity contribution in [3.05, 3.63) is 27.9 Å². The fourth-order valence-electron chi connectivity index (χ4n) is 1.42. The van der Waals surface area contributed by atoms with Crippen molar-refractivity contribution in [3.8, 4) is 0 Å². The third-order valence-electron chi connectivity index (χ3n) is 2.39. The molecule has 0 fully saturated rings. The molecule has 0 unspecified atom stereocenters. The first-order chi connectivity index (χ1) is 8.47. The molecule has 0 radical (unpaired) electrons. The third kappa shape index (κ3) is 3.14. The van der Waals surface area contributed by atoms with Gasteiger partial charge in [0.05, 0.1) is 10.5 Å². The summed E-state index contributed by atoms with van der Waals surface area (Å²) in [7, 11) is 3.53. The van der Waals surface area contributed by atoms with Gasteiger partial charge in [-0.15, -0.1) is 0 Å². The summed E-state index contributed by atoms with van der Waals surface area (Å²) in [6.45, 7) is 1.29. The van der Waals surface area contributed by atoms with Gasteiger partial charge in [-0.05, 0) is 7.05 Å². The lowest BCUT2D eigenvalue weighted by molar-refractivity contribution is -0.385. The summed E-state index contributed by atoms with van der Waals surface area (Å²) < 4.78 is 0. The van der Waals surface area contributed by atoms with Crippen LogP contribution in [0.3, 0.4) is 0 Å². The zero-order valence-corrected chi connectivity index (χ0v) is 10.2. The molecule has 0 spiro atoms. The molecule has 8 nitrogen and oxygen atoms in total. The second-order valence-corrected chi connectivity index (χ2v) is 3.71. The van der Waals surface area contributed by atoms with Crippen LogP contribution in [0.5, 0.6) is 0 Å². The highest BCUT2D eigenvalue weighted by atomic mass is 16.6. The highest BCUT2D eigenvalue weighted by Crippen LogP contribution is 2.20. The zero-order valence-electron chi connectivity index (χ0n) is 10.2. The largest absolute Gasteiger partial charge is 0.365 e. The fraction of sp³-hybridized carbons (Fsp3) is 0.400. The van der Waals surface area contributed by atoms with E-state index >= 15 is 0 Å². The molecule has 1 heterocycles. The van der Waals surface area contributed by atoms with Crippen molar-refractivity contribution in [2.45, 2.75) is 0 Å². The Bertz CT molecular complexity index is 463. The van der Waals surface area contributed by atoms with E-state index in [1.54, 1.807) is 19.0 Å². The molecular formula is C10H15N5O3. The molecule has 0 aliphatic carbocycles. The van der Waals surface area contributed by atoms with Crippen molar-refractivity contribution in [1.29, 1.82) is 0 Å². The van der Waals surface area contributed by atoms with E-state index in [1.807, 2.05) is 0 Å². The highest BCUT2D eigenvalue weighted by Gasteiger charge is 2.18. The van der Waals surface area contributed by atoms with Crippen molar-refractivity contribution in [1.82, 2.24) is 10.3 Å². The van der Waals surface area contributed by atoms with Gasteiger partial charge in [0, 0.05) is 26.2 Å². The molecule has 1 amide bonds. The normalized spacial score (nSPS) is 10.1. The average Bonchev–Trinajstić information content (AvgIpc) is 2.34. The van der Waals surface area contributed by atoms with Crippen molar-refractivity contribution in [2.75, 3.05) is 32.1 Å². The Labute approximate surface area is 104 Å². The summed E-state index contributed by atoms with van der Waals surface area (Å²) in [4.78, 5) is 26.9. The van der Waals surface area contributed by atoms with E-state index in [4.69, 9.17) is 5.73 Å². The van der Waals surface area contributed by atoms with Gasteiger partial charge in [0.2, 0.25) is 0 Å². The fourth-order valence-corrected chi connectivity index (χ4v) is 1.42. The Hall–Kier alpha value is -2.22. The van der Waals surface area contributed by atoms with E-state index in [9.17, 15) is 14.9 Å². The standard InChI is InChI=1S/C10H15N5O3/c1-12-3-4-14(2)10-8(9(11)16)5-7(6-13-10)15(17)18/h5-6,12H,3-4H2,1-2H3,(H2,11,16). The number of aromatic nitrogens is 1. The maximum absolute atomic E-state index is 11.3. The summed E-state index contributed by atoms with van der Waals surface area (Å²) in [5.74, 6) is -0.402. The predicted molar refractivity (Wildman–Crippen MR) is 66.6 cm³/mol. The minimum absolute atomic E-state index is 0.0443. The number of carbonyl (C=O) groups is 1. The number of hydrogen-bond acceptors (Lipinski definition) is 6. The number of carbonyl (C=O) groups excluding carboxylic acids is 1. The Morgan fingerprint density at radius 3 is 2.83 bits per heavy atom. The Morgan fingerprint density at radius 1 is 1.67 bits per heavy atom. The predicted octanol–water partition coefficient (Wildman–Crippen LogP) is -0.256. The van der Waals surface area contributed by atoms with Gasteiger partial charge in [-0.25, -0.2) is 4.98 Å². The molecule has 0 saturated heterocycles. The van der Waals surface area contributed by atoms with E-state index in [2.05, 4.69) is 10.3 Å². The maximum Gasteiger partial charge on any atom is 0.288 e. The molecule has 1 rings (SSSR count). The number of nitrogens with zero attached hydrogens (tertiary/aromatic N) is 3. The topological polar surface area (TPSA) is 114 Å². The van der Waals surface area contributed by atoms with Gasteiger partial charge < -0.3 is 16.0 Å². The van der Waals surface area contributed by atoms with E-state index in [0.717, 1.165) is 12.3 Å². The van der Waals surface area contributed by atoms with Gasteiger partial charge in [-0.1, -0.05) is 0 Å². The molecule has 3 N–H and O–H groups in total. The molecule has 0 bridgehead atoms. The Morgan fingerprint density at radius 2 is 2.33 bits per heavy atom. The second-order valence-electron chi connectivity index (χ2n) is 3.71. The number of nitrogens with one attached hydrogen (secondary N) is 1. The zero-order chi connectivity index (χ0) is 13.7. The number of amides is 1. The SMILES string of the molecule is CNCCN(C)c1ncc([N+](=O)[O-])cc1C(N)=O.